The van der Waals surface area contributed by atoms with Crippen molar-refractivity contribution in [2.24, 2.45) is 5.73 Å². The first-order chi connectivity index (χ1) is 9.08. The molecule has 19 heavy (non-hydrogen) atoms. The molecule has 1 aliphatic carbocycles. The molecule has 1 aliphatic rings. The molecule has 0 aromatic heterocycles. The SMILES string of the molecule is Cc1ccc(C(=O)N(CC(N)=S)C2CCCC2)cc1. The summed E-state index contributed by atoms with van der Waals surface area (Å²) in [6, 6.07) is 7.95. The van der Waals surface area contributed by atoms with Crippen LogP contribution in [0.3, 0.4) is 0 Å². The number of carbonyl (C=O) groups excluding carboxylic acids is 1. The number of thiocarbonyl (C=S) groups is 1. The number of hydrogen-bond donors (Lipinski definition) is 1. The maximum absolute atomic E-state index is 12.6. The van der Waals surface area contributed by atoms with Gasteiger partial charge in [0, 0.05) is 11.6 Å². The first kappa shape index (κ1) is 14.0. The fraction of sp³-hybridized carbons (Fsp3) is 0.467. The molecule has 0 aliphatic heterocycles. The molecular formula is C15H20N2OS. The third kappa shape index (κ3) is 3.53. The first-order valence-corrected chi connectivity index (χ1v) is 7.14. The van der Waals surface area contributed by atoms with Crippen LogP contribution in [-0.4, -0.2) is 28.4 Å². The van der Waals surface area contributed by atoms with Crippen LogP contribution in [0.5, 0.6) is 0 Å². The van der Waals surface area contributed by atoms with Gasteiger partial charge >= 0.3 is 0 Å². The lowest BCUT2D eigenvalue weighted by Gasteiger charge is -2.28. The molecule has 4 heteroatoms. The van der Waals surface area contributed by atoms with Gasteiger partial charge in [-0.05, 0) is 31.9 Å². The summed E-state index contributed by atoms with van der Waals surface area (Å²) in [5, 5.41) is 0. The molecule has 3 nitrogen and oxygen atoms in total. The van der Waals surface area contributed by atoms with Gasteiger partial charge in [-0.2, -0.15) is 0 Å². The Hall–Kier alpha value is -1.42. The number of nitrogens with two attached hydrogens (primary N) is 1. The van der Waals surface area contributed by atoms with Crippen molar-refractivity contribution in [3.63, 3.8) is 0 Å². The van der Waals surface area contributed by atoms with Crippen molar-refractivity contribution in [2.75, 3.05) is 6.54 Å². The van der Waals surface area contributed by atoms with E-state index in [1.807, 2.05) is 36.1 Å². The zero-order valence-corrected chi connectivity index (χ0v) is 12.1. The summed E-state index contributed by atoms with van der Waals surface area (Å²) < 4.78 is 0. The van der Waals surface area contributed by atoms with E-state index in [4.69, 9.17) is 18.0 Å². The van der Waals surface area contributed by atoms with E-state index in [9.17, 15) is 4.79 Å². The van der Waals surface area contributed by atoms with E-state index in [-0.39, 0.29) is 11.9 Å². The van der Waals surface area contributed by atoms with Gasteiger partial charge in [-0.1, -0.05) is 42.8 Å². The van der Waals surface area contributed by atoms with Crippen molar-refractivity contribution >= 4 is 23.1 Å². The average molecular weight is 276 g/mol. The van der Waals surface area contributed by atoms with Crippen molar-refractivity contribution in [3.05, 3.63) is 35.4 Å². The molecule has 102 valence electrons. The number of amides is 1. The highest BCUT2D eigenvalue weighted by Crippen LogP contribution is 2.24. The van der Waals surface area contributed by atoms with E-state index in [0.717, 1.165) is 18.4 Å². The van der Waals surface area contributed by atoms with E-state index in [0.29, 0.717) is 17.1 Å². The Labute approximate surface area is 119 Å². The second-order valence-corrected chi connectivity index (χ2v) is 5.73. The third-order valence-electron chi connectivity index (χ3n) is 3.65. The third-order valence-corrected chi connectivity index (χ3v) is 3.78. The average Bonchev–Trinajstić information content (AvgIpc) is 2.89. The van der Waals surface area contributed by atoms with E-state index in [1.165, 1.54) is 12.8 Å². The second-order valence-electron chi connectivity index (χ2n) is 5.20. The molecule has 0 radical (unpaired) electrons. The van der Waals surface area contributed by atoms with Crippen molar-refractivity contribution in [1.29, 1.82) is 0 Å². The number of nitrogens with zero attached hydrogens (tertiary/aromatic N) is 1. The minimum absolute atomic E-state index is 0.0414. The van der Waals surface area contributed by atoms with Crippen LogP contribution in [0, 0.1) is 6.92 Å². The summed E-state index contributed by atoms with van der Waals surface area (Å²) in [5.41, 5.74) is 7.51. The Bertz CT molecular complexity index is 464. The Morgan fingerprint density at radius 3 is 2.42 bits per heavy atom. The molecular weight excluding hydrogens is 256 g/mol. The molecule has 2 rings (SSSR count). The molecule has 0 saturated heterocycles. The zero-order chi connectivity index (χ0) is 13.8. The first-order valence-electron chi connectivity index (χ1n) is 6.74. The van der Waals surface area contributed by atoms with Crippen molar-refractivity contribution in [2.45, 2.75) is 38.6 Å². The maximum Gasteiger partial charge on any atom is 0.254 e. The Balaban J connectivity index is 2.18. The van der Waals surface area contributed by atoms with Gasteiger partial charge < -0.3 is 10.6 Å². The smallest absolute Gasteiger partial charge is 0.254 e. The molecule has 0 atom stereocenters. The summed E-state index contributed by atoms with van der Waals surface area (Å²) in [7, 11) is 0. The topological polar surface area (TPSA) is 46.3 Å². The normalized spacial score (nSPS) is 15.4. The Kier molecular flexibility index (Phi) is 4.53. The summed E-state index contributed by atoms with van der Waals surface area (Å²) in [6.07, 6.45) is 4.47. The van der Waals surface area contributed by atoms with Crippen LogP contribution < -0.4 is 5.73 Å². The molecule has 1 fully saturated rings. The monoisotopic (exact) mass is 276 g/mol. The van der Waals surface area contributed by atoms with Gasteiger partial charge in [0.15, 0.2) is 0 Å². The quantitative estimate of drug-likeness (QED) is 0.860. The van der Waals surface area contributed by atoms with E-state index >= 15 is 0 Å². The van der Waals surface area contributed by atoms with Crippen LogP contribution in [0.1, 0.15) is 41.6 Å². The van der Waals surface area contributed by atoms with E-state index in [1.54, 1.807) is 0 Å². The number of carbonyl (C=O) groups is 1. The van der Waals surface area contributed by atoms with Crippen LogP contribution in [0.4, 0.5) is 0 Å². The molecule has 1 aromatic rings. The van der Waals surface area contributed by atoms with Crippen LogP contribution in [0.15, 0.2) is 24.3 Å². The van der Waals surface area contributed by atoms with Crippen LogP contribution in [0.2, 0.25) is 0 Å². The lowest BCUT2D eigenvalue weighted by atomic mass is 10.1. The Morgan fingerprint density at radius 2 is 1.89 bits per heavy atom. The zero-order valence-electron chi connectivity index (χ0n) is 11.3. The minimum atomic E-state index is 0.0414. The van der Waals surface area contributed by atoms with Gasteiger partial charge in [0.25, 0.3) is 5.91 Å². The summed E-state index contributed by atoms with van der Waals surface area (Å²) in [4.78, 5) is 14.8. The molecule has 1 amide bonds. The van der Waals surface area contributed by atoms with Crippen molar-refractivity contribution in [3.8, 4) is 0 Å². The van der Waals surface area contributed by atoms with Gasteiger partial charge in [0.05, 0.1) is 11.5 Å². The molecule has 0 heterocycles. The van der Waals surface area contributed by atoms with E-state index in [2.05, 4.69) is 0 Å². The maximum atomic E-state index is 12.6. The predicted molar refractivity (Wildman–Crippen MR) is 81.3 cm³/mol. The lowest BCUT2D eigenvalue weighted by Crippen LogP contribution is -2.43. The lowest BCUT2D eigenvalue weighted by molar-refractivity contribution is 0.0714. The summed E-state index contributed by atoms with van der Waals surface area (Å²) in [6.45, 7) is 2.39. The van der Waals surface area contributed by atoms with Crippen LogP contribution in [-0.2, 0) is 0 Å². The van der Waals surface area contributed by atoms with Gasteiger partial charge in [-0.3, -0.25) is 4.79 Å². The van der Waals surface area contributed by atoms with E-state index < -0.39 is 0 Å². The standard InChI is InChI=1S/C15H20N2OS/c1-11-6-8-12(9-7-11)15(18)17(10-14(16)19)13-4-2-3-5-13/h6-9,13H,2-5,10H2,1H3,(H2,16,19). The second kappa shape index (κ2) is 6.15. The summed E-state index contributed by atoms with van der Waals surface area (Å²) >= 11 is 4.98. The molecule has 1 aromatic carbocycles. The van der Waals surface area contributed by atoms with Gasteiger partial charge in [0.2, 0.25) is 0 Å². The van der Waals surface area contributed by atoms with Crippen molar-refractivity contribution in [1.82, 2.24) is 4.90 Å². The van der Waals surface area contributed by atoms with Gasteiger partial charge in [-0.25, -0.2) is 0 Å². The number of benzene rings is 1. The van der Waals surface area contributed by atoms with Gasteiger partial charge in [-0.15, -0.1) is 0 Å². The Morgan fingerprint density at radius 1 is 1.32 bits per heavy atom. The largest absolute Gasteiger partial charge is 0.392 e. The fourth-order valence-corrected chi connectivity index (χ4v) is 2.75. The molecule has 1 saturated carbocycles. The number of rotatable bonds is 4. The van der Waals surface area contributed by atoms with Crippen LogP contribution >= 0.6 is 12.2 Å². The molecule has 0 spiro atoms. The van der Waals surface area contributed by atoms with Crippen LogP contribution in [0.25, 0.3) is 0 Å². The highest BCUT2D eigenvalue weighted by atomic mass is 32.1. The highest BCUT2D eigenvalue weighted by molar-refractivity contribution is 7.80. The molecule has 0 bridgehead atoms. The number of aryl methyl sites for hydroxylation is 1. The molecule has 0 unspecified atom stereocenters. The van der Waals surface area contributed by atoms with Crippen molar-refractivity contribution < 1.29 is 4.79 Å². The summed E-state index contributed by atoms with van der Waals surface area (Å²) in [5.74, 6) is 0.0414. The fourth-order valence-electron chi connectivity index (χ4n) is 2.61. The van der Waals surface area contributed by atoms with Gasteiger partial charge in [0.1, 0.15) is 0 Å². The highest BCUT2D eigenvalue weighted by Gasteiger charge is 2.27. The predicted octanol–water partition coefficient (Wildman–Crippen LogP) is 2.67. The minimum Gasteiger partial charge on any atom is -0.392 e. The molecule has 2 N–H and O–H groups in total. The number of hydrogen-bond acceptors (Lipinski definition) is 2.